The molecule has 0 aliphatic carbocycles. The normalized spacial score (nSPS) is 15.2. The van der Waals surface area contributed by atoms with Crippen LogP contribution >= 0.6 is 0 Å². The van der Waals surface area contributed by atoms with Crippen molar-refractivity contribution in [2.24, 2.45) is 5.92 Å². The average Bonchev–Trinajstić information content (AvgIpc) is 3.48. The summed E-state index contributed by atoms with van der Waals surface area (Å²) in [5, 5.41) is 8.22. The molecular weight excluding hydrogens is 470 g/mol. The first-order chi connectivity index (χ1) is 17.9. The predicted molar refractivity (Wildman–Crippen MR) is 138 cm³/mol. The molecule has 1 aliphatic heterocycles. The van der Waals surface area contributed by atoms with Gasteiger partial charge in [-0.15, -0.1) is 0 Å². The van der Waals surface area contributed by atoms with E-state index in [1.165, 1.54) is 10.9 Å². The number of aromatic nitrogens is 3. The fourth-order valence-electron chi connectivity index (χ4n) is 4.56. The first-order valence-electron chi connectivity index (χ1n) is 12.2. The molecule has 1 fully saturated rings. The second kappa shape index (κ2) is 10.2. The number of anilines is 1. The molecule has 2 amide bonds. The van der Waals surface area contributed by atoms with E-state index in [4.69, 9.17) is 9.72 Å². The van der Waals surface area contributed by atoms with E-state index in [9.17, 15) is 14.4 Å². The monoisotopic (exact) mass is 497 g/mol. The van der Waals surface area contributed by atoms with Gasteiger partial charge >= 0.3 is 5.97 Å². The Hall–Kier alpha value is -4.53. The van der Waals surface area contributed by atoms with E-state index < -0.39 is 11.9 Å². The van der Waals surface area contributed by atoms with Crippen LogP contribution in [-0.2, 0) is 20.9 Å². The highest BCUT2D eigenvalue weighted by atomic mass is 16.5. The Bertz CT molecular complexity index is 1480. The number of nitrogens with one attached hydrogen (secondary N) is 1. The van der Waals surface area contributed by atoms with Gasteiger partial charge in [-0.1, -0.05) is 48.5 Å². The zero-order valence-corrected chi connectivity index (χ0v) is 20.7. The number of para-hydroxylation sites is 1. The van der Waals surface area contributed by atoms with Gasteiger partial charge in [-0.25, -0.2) is 9.78 Å². The molecule has 2 aromatic heterocycles. The maximum atomic E-state index is 13.3. The van der Waals surface area contributed by atoms with Crippen LogP contribution in [-0.4, -0.2) is 50.6 Å². The van der Waals surface area contributed by atoms with Crippen LogP contribution in [0.3, 0.4) is 0 Å². The van der Waals surface area contributed by atoms with Crippen LogP contribution in [0.2, 0.25) is 0 Å². The van der Waals surface area contributed by atoms with E-state index in [2.05, 4.69) is 10.4 Å². The second-order valence-corrected chi connectivity index (χ2v) is 9.00. The minimum Gasteiger partial charge on any atom is -0.462 e. The first-order valence-corrected chi connectivity index (χ1v) is 12.2. The van der Waals surface area contributed by atoms with Gasteiger partial charge in [0.1, 0.15) is 5.56 Å². The van der Waals surface area contributed by atoms with Gasteiger partial charge in [0.15, 0.2) is 11.6 Å². The molecule has 9 nitrogen and oxygen atoms in total. The third kappa shape index (κ3) is 4.93. The lowest BCUT2D eigenvalue weighted by Gasteiger charge is -2.17. The number of carbonyl (C=O) groups is 3. The zero-order chi connectivity index (χ0) is 25.9. The summed E-state index contributed by atoms with van der Waals surface area (Å²) in [7, 11) is 0. The maximum absolute atomic E-state index is 13.3. The lowest BCUT2D eigenvalue weighted by molar-refractivity contribution is -0.128. The Morgan fingerprint density at radius 2 is 1.86 bits per heavy atom. The number of hydrogen-bond donors (Lipinski definition) is 1. The molecule has 1 N–H and O–H groups in total. The summed E-state index contributed by atoms with van der Waals surface area (Å²) in [5.74, 6) is -1.01. The molecule has 0 saturated carbocycles. The SMILES string of the molecule is CCOC(=O)c1cnn(-c2cc(C)c3ccccc3n2)c1NC(=O)C1CC(=O)N(Cc2ccccc2)C1. The standard InChI is InChI=1S/C28H27N5O4/c1-3-37-28(36)22-15-29-33(24-13-18(2)21-11-7-8-12-23(21)30-24)26(22)31-27(35)20-14-25(34)32(17-20)16-19-9-5-4-6-10-19/h4-13,15,20H,3,14,16-17H2,1-2H3,(H,31,35). The fraction of sp³-hybridized carbons (Fsp3) is 0.250. The summed E-state index contributed by atoms with van der Waals surface area (Å²) < 4.78 is 6.63. The predicted octanol–water partition coefficient (Wildman–Crippen LogP) is 3.89. The molecule has 3 heterocycles. The number of likely N-dealkylation sites (tertiary alicyclic amines) is 1. The molecule has 37 heavy (non-hydrogen) atoms. The number of amides is 2. The van der Waals surface area contributed by atoms with Gasteiger partial charge < -0.3 is 15.0 Å². The van der Waals surface area contributed by atoms with Crippen LogP contribution < -0.4 is 5.32 Å². The van der Waals surface area contributed by atoms with Gasteiger partial charge in [-0.3, -0.25) is 9.59 Å². The third-order valence-electron chi connectivity index (χ3n) is 6.43. The van der Waals surface area contributed by atoms with Crippen molar-refractivity contribution in [1.29, 1.82) is 0 Å². The molecule has 1 unspecified atom stereocenters. The molecule has 1 aliphatic rings. The van der Waals surface area contributed by atoms with Gasteiger partial charge in [0.2, 0.25) is 11.8 Å². The average molecular weight is 498 g/mol. The number of esters is 1. The summed E-state index contributed by atoms with van der Waals surface area (Å²) in [6.45, 7) is 4.58. The maximum Gasteiger partial charge on any atom is 0.343 e. The zero-order valence-electron chi connectivity index (χ0n) is 20.7. The van der Waals surface area contributed by atoms with Gasteiger partial charge in [0.25, 0.3) is 0 Å². The Morgan fingerprint density at radius 1 is 1.11 bits per heavy atom. The highest BCUT2D eigenvalue weighted by Gasteiger charge is 2.35. The second-order valence-electron chi connectivity index (χ2n) is 9.00. The Labute approximate surface area is 214 Å². The molecule has 1 saturated heterocycles. The number of aryl methyl sites for hydroxylation is 1. The van der Waals surface area contributed by atoms with E-state index in [1.54, 1.807) is 11.8 Å². The van der Waals surface area contributed by atoms with E-state index in [0.29, 0.717) is 12.4 Å². The Balaban J connectivity index is 1.44. The minimum absolute atomic E-state index is 0.0880. The molecule has 0 radical (unpaired) electrons. The largest absolute Gasteiger partial charge is 0.462 e. The number of pyridine rings is 1. The summed E-state index contributed by atoms with van der Waals surface area (Å²) in [4.78, 5) is 45.1. The lowest BCUT2D eigenvalue weighted by Crippen LogP contribution is -2.29. The highest BCUT2D eigenvalue weighted by molar-refractivity contribution is 6.02. The fourth-order valence-corrected chi connectivity index (χ4v) is 4.56. The quantitative estimate of drug-likeness (QED) is 0.388. The van der Waals surface area contributed by atoms with Crippen LogP contribution in [0.4, 0.5) is 5.82 Å². The summed E-state index contributed by atoms with van der Waals surface area (Å²) in [5.41, 5.74) is 2.86. The van der Waals surface area contributed by atoms with Crippen molar-refractivity contribution in [3.8, 4) is 5.82 Å². The van der Waals surface area contributed by atoms with Gasteiger partial charge in [0.05, 0.1) is 24.2 Å². The number of ether oxygens (including phenoxy) is 1. The molecule has 0 bridgehead atoms. The van der Waals surface area contributed by atoms with Crippen molar-refractivity contribution < 1.29 is 19.1 Å². The van der Waals surface area contributed by atoms with E-state index in [0.717, 1.165) is 22.0 Å². The molecule has 0 spiro atoms. The van der Waals surface area contributed by atoms with Crippen LogP contribution in [0.25, 0.3) is 16.7 Å². The molecular formula is C28H27N5O4. The van der Waals surface area contributed by atoms with Gasteiger partial charge in [-0.05, 0) is 37.1 Å². The van der Waals surface area contributed by atoms with E-state index in [-0.39, 0.29) is 42.8 Å². The summed E-state index contributed by atoms with van der Waals surface area (Å²) in [6.07, 6.45) is 1.45. The van der Waals surface area contributed by atoms with Crippen LogP contribution in [0.15, 0.2) is 66.9 Å². The molecule has 5 rings (SSSR count). The van der Waals surface area contributed by atoms with Crippen LogP contribution in [0, 0.1) is 12.8 Å². The van der Waals surface area contributed by atoms with Crippen molar-refractivity contribution in [1.82, 2.24) is 19.7 Å². The van der Waals surface area contributed by atoms with Crippen molar-refractivity contribution >= 4 is 34.5 Å². The van der Waals surface area contributed by atoms with Gasteiger partial charge in [0, 0.05) is 24.9 Å². The number of carbonyl (C=O) groups excluding carboxylic acids is 3. The molecule has 1 atom stereocenters. The molecule has 9 heteroatoms. The van der Waals surface area contributed by atoms with Gasteiger partial charge in [-0.2, -0.15) is 9.78 Å². The minimum atomic E-state index is -0.602. The smallest absolute Gasteiger partial charge is 0.343 e. The van der Waals surface area contributed by atoms with Crippen LogP contribution in [0.1, 0.15) is 34.8 Å². The number of nitrogens with zero attached hydrogens (tertiary/aromatic N) is 4. The topological polar surface area (TPSA) is 106 Å². The van der Waals surface area contributed by atoms with Crippen molar-refractivity contribution in [2.45, 2.75) is 26.8 Å². The number of fused-ring (bicyclic) bond motifs is 1. The lowest BCUT2D eigenvalue weighted by atomic mass is 10.1. The van der Waals surface area contributed by atoms with Crippen molar-refractivity contribution in [3.63, 3.8) is 0 Å². The van der Waals surface area contributed by atoms with Crippen molar-refractivity contribution in [3.05, 3.63) is 83.6 Å². The number of rotatable bonds is 7. The first kappa shape index (κ1) is 24.2. The van der Waals surface area contributed by atoms with Crippen LogP contribution in [0.5, 0.6) is 0 Å². The third-order valence-corrected chi connectivity index (χ3v) is 6.43. The number of benzene rings is 2. The molecule has 2 aromatic carbocycles. The summed E-state index contributed by atoms with van der Waals surface area (Å²) in [6, 6.07) is 19.2. The molecule has 4 aromatic rings. The van der Waals surface area contributed by atoms with E-state index in [1.807, 2.05) is 67.6 Å². The Kier molecular flexibility index (Phi) is 6.68. The highest BCUT2D eigenvalue weighted by Crippen LogP contribution is 2.27. The van der Waals surface area contributed by atoms with Crippen molar-refractivity contribution in [2.75, 3.05) is 18.5 Å². The van der Waals surface area contributed by atoms with E-state index >= 15 is 0 Å². The number of hydrogen-bond acceptors (Lipinski definition) is 6. The Morgan fingerprint density at radius 3 is 2.65 bits per heavy atom. The summed E-state index contributed by atoms with van der Waals surface area (Å²) >= 11 is 0. The molecule has 188 valence electrons.